The Balaban J connectivity index is 1.57. The van der Waals surface area contributed by atoms with Crippen LogP contribution in [0, 0.1) is 20.8 Å². The standard InChI is InChI=1S/C28H30N4O5/c1-5-36-24-15-21(12-13-23(24)37-17-25(33)30-22-11-6-8-18(2)14-22)16-29-32-28(35)27(34)31-26-19(3)9-7-10-20(26)4/h6-16H,5,17H2,1-4H3,(H,30,33)(H,31,34)(H,32,35)/b29-16-. The van der Waals surface area contributed by atoms with Gasteiger partial charge in [-0.1, -0.05) is 30.3 Å². The highest BCUT2D eigenvalue weighted by molar-refractivity contribution is 6.39. The predicted molar refractivity (Wildman–Crippen MR) is 143 cm³/mol. The summed E-state index contributed by atoms with van der Waals surface area (Å²) in [7, 11) is 0. The van der Waals surface area contributed by atoms with Gasteiger partial charge in [-0.05, 0) is 80.3 Å². The first-order chi connectivity index (χ1) is 17.8. The van der Waals surface area contributed by atoms with Crippen molar-refractivity contribution < 1.29 is 23.9 Å². The Morgan fingerprint density at radius 1 is 0.838 bits per heavy atom. The summed E-state index contributed by atoms with van der Waals surface area (Å²) in [5.74, 6) is -1.23. The van der Waals surface area contributed by atoms with Crippen molar-refractivity contribution >= 4 is 35.3 Å². The van der Waals surface area contributed by atoms with Crippen LogP contribution < -0.4 is 25.5 Å². The van der Waals surface area contributed by atoms with Crippen LogP contribution in [0.3, 0.4) is 0 Å². The van der Waals surface area contributed by atoms with Gasteiger partial charge in [0.2, 0.25) is 0 Å². The largest absolute Gasteiger partial charge is 0.490 e. The van der Waals surface area contributed by atoms with Crippen LogP contribution in [0.2, 0.25) is 0 Å². The van der Waals surface area contributed by atoms with Crippen LogP contribution >= 0.6 is 0 Å². The van der Waals surface area contributed by atoms with E-state index in [0.717, 1.165) is 16.7 Å². The van der Waals surface area contributed by atoms with Gasteiger partial charge in [-0.2, -0.15) is 5.10 Å². The van der Waals surface area contributed by atoms with Crippen LogP contribution in [0.15, 0.2) is 65.8 Å². The molecule has 192 valence electrons. The monoisotopic (exact) mass is 502 g/mol. The van der Waals surface area contributed by atoms with Crippen molar-refractivity contribution in [1.82, 2.24) is 5.43 Å². The number of ether oxygens (including phenoxy) is 2. The molecule has 0 saturated heterocycles. The number of hydrogen-bond donors (Lipinski definition) is 3. The lowest BCUT2D eigenvalue weighted by atomic mass is 10.1. The average Bonchev–Trinajstić information content (AvgIpc) is 2.86. The predicted octanol–water partition coefficient (Wildman–Crippen LogP) is 4.12. The summed E-state index contributed by atoms with van der Waals surface area (Å²) in [6.45, 7) is 7.63. The quantitative estimate of drug-likeness (QED) is 0.231. The van der Waals surface area contributed by atoms with Crippen molar-refractivity contribution in [3.05, 3.63) is 82.9 Å². The lowest BCUT2D eigenvalue weighted by Gasteiger charge is -2.13. The maximum absolute atomic E-state index is 12.3. The second-order valence-electron chi connectivity index (χ2n) is 8.27. The molecular weight excluding hydrogens is 472 g/mol. The number of nitrogens with one attached hydrogen (secondary N) is 3. The molecule has 3 aromatic carbocycles. The third kappa shape index (κ3) is 7.93. The molecule has 0 radical (unpaired) electrons. The molecule has 37 heavy (non-hydrogen) atoms. The zero-order chi connectivity index (χ0) is 26.8. The van der Waals surface area contributed by atoms with Gasteiger partial charge in [-0.3, -0.25) is 14.4 Å². The van der Waals surface area contributed by atoms with Crippen molar-refractivity contribution in [2.45, 2.75) is 27.7 Å². The van der Waals surface area contributed by atoms with Gasteiger partial charge in [0.25, 0.3) is 5.91 Å². The molecule has 0 atom stereocenters. The molecule has 0 spiro atoms. The Hall–Kier alpha value is -4.66. The fourth-order valence-electron chi connectivity index (χ4n) is 3.45. The Labute approximate surface area is 215 Å². The van der Waals surface area contributed by atoms with Crippen LogP contribution in [0.25, 0.3) is 0 Å². The molecular formula is C28H30N4O5. The zero-order valence-corrected chi connectivity index (χ0v) is 21.3. The zero-order valence-electron chi connectivity index (χ0n) is 21.3. The Bertz CT molecular complexity index is 1300. The van der Waals surface area contributed by atoms with E-state index in [0.29, 0.717) is 35.0 Å². The Morgan fingerprint density at radius 3 is 2.27 bits per heavy atom. The first-order valence-corrected chi connectivity index (χ1v) is 11.7. The number of anilines is 2. The summed E-state index contributed by atoms with van der Waals surface area (Å²) in [6.07, 6.45) is 1.38. The van der Waals surface area contributed by atoms with E-state index in [2.05, 4.69) is 21.2 Å². The minimum absolute atomic E-state index is 0.201. The van der Waals surface area contributed by atoms with E-state index in [1.807, 2.05) is 64.1 Å². The number of hydrazone groups is 1. The summed E-state index contributed by atoms with van der Waals surface area (Å²) >= 11 is 0. The van der Waals surface area contributed by atoms with Gasteiger partial charge in [0.1, 0.15) is 0 Å². The van der Waals surface area contributed by atoms with E-state index >= 15 is 0 Å². The topological polar surface area (TPSA) is 118 Å². The number of benzene rings is 3. The summed E-state index contributed by atoms with van der Waals surface area (Å²) in [6, 6.07) is 18.0. The fourth-order valence-corrected chi connectivity index (χ4v) is 3.45. The van der Waals surface area contributed by atoms with E-state index in [1.54, 1.807) is 24.3 Å². The second kappa shape index (κ2) is 12.9. The Morgan fingerprint density at radius 2 is 1.57 bits per heavy atom. The summed E-state index contributed by atoms with van der Waals surface area (Å²) in [5.41, 5.74) is 6.83. The van der Waals surface area contributed by atoms with Gasteiger partial charge in [-0.25, -0.2) is 5.43 Å². The summed E-state index contributed by atoms with van der Waals surface area (Å²) in [5, 5.41) is 9.26. The molecule has 3 aromatic rings. The molecule has 0 aliphatic rings. The Kier molecular flexibility index (Phi) is 9.37. The molecule has 0 aliphatic carbocycles. The average molecular weight is 503 g/mol. The third-order valence-electron chi connectivity index (χ3n) is 5.23. The molecule has 3 rings (SSSR count). The highest BCUT2D eigenvalue weighted by Crippen LogP contribution is 2.28. The number of nitrogens with zero attached hydrogens (tertiary/aromatic N) is 1. The van der Waals surface area contributed by atoms with E-state index in [1.165, 1.54) is 6.21 Å². The van der Waals surface area contributed by atoms with Gasteiger partial charge in [-0.15, -0.1) is 0 Å². The molecule has 0 unspecified atom stereocenters. The number of rotatable bonds is 9. The normalized spacial score (nSPS) is 10.6. The minimum Gasteiger partial charge on any atom is -0.490 e. The fraction of sp³-hybridized carbons (Fsp3) is 0.214. The van der Waals surface area contributed by atoms with Crippen LogP contribution in [0.5, 0.6) is 11.5 Å². The van der Waals surface area contributed by atoms with Gasteiger partial charge in [0, 0.05) is 11.4 Å². The van der Waals surface area contributed by atoms with Crippen molar-refractivity contribution in [2.24, 2.45) is 5.10 Å². The van der Waals surface area contributed by atoms with Crippen molar-refractivity contribution in [3.63, 3.8) is 0 Å². The molecule has 0 aromatic heterocycles. The number of carbonyl (C=O) groups excluding carboxylic acids is 3. The molecule has 0 fully saturated rings. The van der Waals surface area contributed by atoms with Crippen LogP contribution in [0.4, 0.5) is 11.4 Å². The number of hydrogen-bond acceptors (Lipinski definition) is 6. The number of aryl methyl sites for hydroxylation is 3. The van der Waals surface area contributed by atoms with Gasteiger partial charge < -0.3 is 20.1 Å². The SMILES string of the molecule is CCOc1cc(/C=N\NC(=O)C(=O)Nc2c(C)cccc2C)ccc1OCC(=O)Nc1cccc(C)c1. The summed E-state index contributed by atoms with van der Waals surface area (Å²) < 4.78 is 11.3. The molecule has 9 heteroatoms. The highest BCUT2D eigenvalue weighted by Gasteiger charge is 2.15. The molecule has 0 saturated carbocycles. The smallest absolute Gasteiger partial charge is 0.329 e. The maximum Gasteiger partial charge on any atom is 0.329 e. The first kappa shape index (κ1) is 26.9. The highest BCUT2D eigenvalue weighted by atomic mass is 16.5. The lowest BCUT2D eigenvalue weighted by Crippen LogP contribution is -2.32. The lowest BCUT2D eigenvalue weighted by molar-refractivity contribution is -0.136. The van der Waals surface area contributed by atoms with Gasteiger partial charge in [0.15, 0.2) is 18.1 Å². The van der Waals surface area contributed by atoms with E-state index in [9.17, 15) is 14.4 Å². The number of para-hydroxylation sites is 1. The molecule has 9 nitrogen and oxygen atoms in total. The van der Waals surface area contributed by atoms with Crippen molar-refractivity contribution in [1.29, 1.82) is 0 Å². The van der Waals surface area contributed by atoms with E-state index < -0.39 is 11.8 Å². The number of amides is 3. The van der Waals surface area contributed by atoms with Crippen LogP contribution in [-0.2, 0) is 14.4 Å². The number of carbonyl (C=O) groups is 3. The molecule has 3 N–H and O–H groups in total. The van der Waals surface area contributed by atoms with Crippen molar-refractivity contribution in [3.8, 4) is 11.5 Å². The van der Waals surface area contributed by atoms with Gasteiger partial charge in [0.05, 0.1) is 12.8 Å². The second-order valence-corrected chi connectivity index (χ2v) is 8.27. The van der Waals surface area contributed by atoms with E-state index in [-0.39, 0.29) is 12.5 Å². The third-order valence-corrected chi connectivity index (χ3v) is 5.23. The van der Waals surface area contributed by atoms with E-state index in [4.69, 9.17) is 9.47 Å². The molecule has 0 heterocycles. The molecule has 0 aliphatic heterocycles. The summed E-state index contributed by atoms with van der Waals surface area (Å²) in [4.78, 5) is 36.7. The molecule has 0 bridgehead atoms. The maximum atomic E-state index is 12.3. The van der Waals surface area contributed by atoms with Crippen molar-refractivity contribution in [2.75, 3.05) is 23.8 Å². The first-order valence-electron chi connectivity index (χ1n) is 11.7. The van der Waals surface area contributed by atoms with Crippen LogP contribution in [-0.4, -0.2) is 37.1 Å². The van der Waals surface area contributed by atoms with Gasteiger partial charge >= 0.3 is 11.8 Å². The minimum atomic E-state index is -0.900. The molecule has 3 amide bonds. The van der Waals surface area contributed by atoms with Crippen LogP contribution in [0.1, 0.15) is 29.2 Å².